The molecular formula is C31H31N3. The van der Waals surface area contributed by atoms with Crippen LogP contribution in [0.3, 0.4) is 0 Å². The number of nitriles is 1. The lowest BCUT2D eigenvalue weighted by Crippen LogP contribution is -2.21. The van der Waals surface area contributed by atoms with E-state index in [1.807, 2.05) is 42.5 Å². The largest absolute Gasteiger partial charge is 0.372 e. The van der Waals surface area contributed by atoms with Crippen molar-refractivity contribution in [2.24, 2.45) is 0 Å². The van der Waals surface area contributed by atoms with Gasteiger partial charge >= 0.3 is 0 Å². The van der Waals surface area contributed by atoms with Crippen LogP contribution in [-0.2, 0) is 0 Å². The van der Waals surface area contributed by atoms with Crippen LogP contribution in [0.15, 0.2) is 101 Å². The molecule has 2 aromatic carbocycles. The van der Waals surface area contributed by atoms with Gasteiger partial charge in [-0.2, -0.15) is 0 Å². The molecular weight excluding hydrogens is 414 g/mol. The van der Waals surface area contributed by atoms with Gasteiger partial charge in [-0.15, -0.1) is 0 Å². The second-order valence-corrected chi connectivity index (χ2v) is 8.26. The minimum absolute atomic E-state index is 0.108. The Morgan fingerprint density at radius 2 is 1.56 bits per heavy atom. The maximum absolute atomic E-state index is 9.45. The molecule has 0 bridgehead atoms. The van der Waals surface area contributed by atoms with E-state index in [1.54, 1.807) is 0 Å². The molecule has 1 aliphatic carbocycles. The average molecular weight is 446 g/mol. The summed E-state index contributed by atoms with van der Waals surface area (Å²) in [7, 11) is 0. The van der Waals surface area contributed by atoms with Crippen LogP contribution in [-0.4, -0.2) is 13.1 Å². The summed E-state index contributed by atoms with van der Waals surface area (Å²) in [5.41, 5.74) is 9.12. The summed E-state index contributed by atoms with van der Waals surface area (Å²) in [5.74, 6) is 0. The molecule has 0 saturated heterocycles. The SMILES string of the molecule is [C-]#[N+]/C(C#N)=C(\C=CC1=C(C)C(C)=C(C=Cc2ccc(N(CC)CC)cc2)C1)c1ccccc1. The zero-order valence-electron chi connectivity index (χ0n) is 20.5. The molecule has 0 atom stereocenters. The van der Waals surface area contributed by atoms with Gasteiger partial charge in [0.15, 0.2) is 0 Å². The lowest BCUT2D eigenvalue weighted by atomic mass is 10.0. The van der Waals surface area contributed by atoms with Crippen molar-refractivity contribution in [1.29, 1.82) is 5.26 Å². The number of nitrogens with zero attached hydrogens (tertiary/aromatic N) is 3. The first-order chi connectivity index (χ1) is 16.5. The molecule has 34 heavy (non-hydrogen) atoms. The Hall–Kier alpha value is -4.08. The molecule has 3 heteroatoms. The van der Waals surface area contributed by atoms with E-state index < -0.39 is 0 Å². The van der Waals surface area contributed by atoms with Gasteiger partial charge in [0.25, 0.3) is 5.70 Å². The first-order valence-corrected chi connectivity index (χ1v) is 11.7. The Bertz CT molecular complexity index is 1230. The van der Waals surface area contributed by atoms with E-state index in [0.29, 0.717) is 5.57 Å². The first-order valence-electron chi connectivity index (χ1n) is 11.7. The molecule has 170 valence electrons. The van der Waals surface area contributed by atoms with E-state index in [1.165, 1.54) is 33.5 Å². The van der Waals surface area contributed by atoms with Gasteiger partial charge in [0.2, 0.25) is 0 Å². The molecule has 0 saturated carbocycles. The van der Waals surface area contributed by atoms with Crippen molar-refractivity contribution in [3.8, 4) is 6.07 Å². The van der Waals surface area contributed by atoms with Crippen molar-refractivity contribution < 1.29 is 0 Å². The lowest BCUT2D eigenvalue weighted by Gasteiger charge is -2.20. The van der Waals surface area contributed by atoms with Crippen LogP contribution in [0.5, 0.6) is 0 Å². The third-order valence-corrected chi connectivity index (χ3v) is 6.41. The van der Waals surface area contributed by atoms with Gasteiger partial charge in [-0.3, -0.25) is 0 Å². The predicted molar refractivity (Wildman–Crippen MR) is 144 cm³/mol. The van der Waals surface area contributed by atoms with E-state index in [0.717, 1.165) is 25.1 Å². The summed E-state index contributed by atoms with van der Waals surface area (Å²) in [6, 6.07) is 20.4. The topological polar surface area (TPSA) is 31.4 Å². The summed E-state index contributed by atoms with van der Waals surface area (Å²) in [4.78, 5) is 5.78. The molecule has 0 aliphatic heterocycles. The highest BCUT2D eigenvalue weighted by molar-refractivity contribution is 5.81. The van der Waals surface area contributed by atoms with E-state index >= 15 is 0 Å². The van der Waals surface area contributed by atoms with E-state index in [4.69, 9.17) is 6.57 Å². The van der Waals surface area contributed by atoms with Crippen LogP contribution >= 0.6 is 0 Å². The summed E-state index contributed by atoms with van der Waals surface area (Å²) in [6.45, 7) is 18.1. The van der Waals surface area contributed by atoms with Crippen LogP contribution in [0.2, 0.25) is 0 Å². The van der Waals surface area contributed by atoms with Crippen molar-refractivity contribution in [3.05, 3.63) is 123 Å². The fourth-order valence-electron chi connectivity index (χ4n) is 4.16. The number of hydrogen-bond donors (Lipinski definition) is 0. The molecule has 0 N–H and O–H groups in total. The lowest BCUT2D eigenvalue weighted by molar-refractivity contribution is 0.866. The molecule has 3 nitrogen and oxygen atoms in total. The Kier molecular flexibility index (Phi) is 8.44. The van der Waals surface area contributed by atoms with E-state index in [2.05, 4.69) is 79.9 Å². The average Bonchev–Trinajstić information content (AvgIpc) is 3.15. The second kappa shape index (κ2) is 11.7. The number of anilines is 1. The summed E-state index contributed by atoms with van der Waals surface area (Å²) < 4.78 is 0. The highest BCUT2D eigenvalue weighted by Crippen LogP contribution is 2.34. The highest BCUT2D eigenvalue weighted by atomic mass is 15.1. The van der Waals surface area contributed by atoms with Gasteiger partial charge in [-0.05, 0) is 85.2 Å². The molecule has 3 rings (SSSR count). The maximum atomic E-state index is 9.45. The maximum Gasteiger partial charge on any atom is 0.269 e. The van der Waals surface area contributed by atoms with Crippen LogP contribution in [0.1, 0.15) is 45.2 Å². The fraction of sp³-hybridized carbons (Fsp3) is 0.226. The molecule has 0 aromatic heterocycles. The molecule has 0 spiro atoms. The monoisotopic (exact) mass is 445 g/mol. The van der Waals surface area contributed by atoms with Gasteiger partial charge < -0.3 is 4.90 Å². The van der Waals surface area contributed by atoms with Gasteiger partial charge in [-0.1, -0.05) is 66.8 Å². The Morgan fingerprint density at radius 1 is 0.941 bits per heavy atom. The van der Waals surface area contributed by atoms with Crippen molar-refractivity contribution in [3.63, 3.8) is 0 Å². The minimum atomic E-state index is 0.108. The Labute approximate surface area is 204 Å². The Balaban J connectivity index is 1.78. The zero-order chi connectivity index (χ0) is 24.5. The van der Waals surface area contributed by atoms with Crippen LogP contribution in [0, 0.1) is 17.9 Å². The first kappa shape index (κ1) is 24.6. The van der Waals surface area contributed by atoms with Crippen molar-refractivity contribution in [2.45, 2.75) is 34.1 Å². The minimum Gasteiger partial charge on any atom is -0.372 e. The smallest absolute Gasteiger partial charge is 0.269 e. The molecule has 0 unspecified atom stereocenters. The fourth-order valence-corrected chi connectivity index (χ4v) is 4.16. The highest BCUT2D eigenvalue weighted by Gasteiger charge is 2.15. The number of hydrogen-bond acceptors (Lipinski definition) is 2. The molecule has 1 aliphatic rings. The summed E-state index contributed by atoms with van der Waals surface area (Å²) in [6.07, 6.45) is 9.19. The number of benzene rings is 2. The zero-order valence-corrected chi connectivity index (χ0v) is 20.5. The van der Waals surface area contributed by atoms with Gasteiger partial charge in [0.05, 0.1) is 12.6 Å². The Morgan fingerprint density at radius 3 is 2.12 bits per heavy atom. The van der Waals surface area contributed by atoms with Crippen molar-refractivity contribution in [2.75, 3.05) is 18.0 Å². The third-order valence-electron chi connectivity index (χ3n) is 6.41. The molecule has 2 aromatic rings. The van der Waals surface area contributed by atoms with Crippen molar-refractivity contribution >= 4 is 17.3 Å². The number of rotatable bonds is 8. The van der Waals surface area contributed by atoms with Crippen LogP contribution < -0.4 is 4.90 Å². The normalized spacial score (nSPS) is 14.5. The summed E-state index contributed by atoms with van der Waals surface area (Å²) >= 11 is 0. The molecule has 0 fully saturated rings. The van der Waals surface area contributed by atoms with E-state index in [-0.39, 0.29) is 5.70 Å². The van der Waals surface area contributed by atoms with Crippen LogP contribution in [0.25, 0.3) is 16.5 Å². The van der Waals surface area contributed by atoms with Gasteiger partial charge in [0, 0.05) is 18.8 Å². The number of allylic oxidation sites excluding steroid dienone is 9. The van der Waals surface area contributed by atoms with Gasteiger partial charge in [0.1, 0.15) is 0 Å². The van der Waals surface area contributed by atoms with Gasteiger partial charge in [-0.25, -0.2) is 10.1 Å². The van der Waals surface area contributed by atoms with Crippen molar-refractivity contribution in [1.82, 2.24) is 0 Å². The summed E-state index contributed by atoms with van der Waals surface area (Å²) in [5, 5.41) is 9.45. The molecule has 0 radical (unpaired) electrons. The third kappa shape index (κ3) is 5.64. The van der Waals surface area contributed by atoms with E-state index in [9.17, 15) is 5.26 Å². The predicted octanol–water partition coefficient (Wildman–Crippen LogP) is 7.99. The molecule has 0 amide bonds. The standard InChI is InChI=1S/C31H31N3/c1-6-34(7-2)29-18-14-25(15-19-29)13-16-27-21-28(24(4)23(27)3)17-20-30(31(22-32)33-5)26-11-9-8-10-12-26/h8-20H,6-7,21H2,1-4H3/b16-13?,20-17?,31-30+. The second-order valence-electron chi connectivity index (χ2n) is 8.26. The van der Waals surface area contributed by atoms with Crippen LogP contribution in [0.4, 0.5) is 5.69 Å². The molecule has 0 heterocycles. The quantitative estimate of drug-likeness (QED) is 0.234.